The number of amides is 1. The Morgan fingerprint density at radius 2 is 2.17 bits per heavy atom. The van der Waals surface area contributed by atoms with Crippen LogP contribution in [0, 0.1) is 0 Å². The van der Waals surface area contributed by atoms with Gasteiger partial charge in [0.15, 0.2) is 15.0 Å². The first-order valence-corrected chi connectivity index (χ1v) is 10.0. The first-order chi connectivity index (χ1) is 11.4. The fraction of sp³-hybridized carbons (Fsp3) is 0.467. The van der Waals surface area contributed by atoms with E-state index < -0.39 is 15.7 Å². The number of anilines is 1. The Kier molecular flexibility index (Phi) is 4.84. The third-order valence-corrected chi connectivity index (χ3v) is 7.10. The molecule has 0 bridgehead atoms. The highest BCUT2D eigenvalue weighted by Gasteiger charge is 2.49. The molecule has 9 heteroatoms. The van der Waals surface area contributed by atoms with Crippen molar-refractivity contribution in [3.05, 3.63) is 24.3 Å². The van der Waals surface area contributed by atoms with E-state index in [1.54, 1.807) is 7.11 Å². The van der Waals surface area contributed by atoms with Crippen molar-refractivity contribution >= 4 is 38.4 Å². The number of amidine groups is 1. The molecule has 130 valence electrons. The molecule has 1 amide bonds. The number of nitrogens with zero attached hydrogens (tertiary/aromatic N) is 2. The standard InChI is InChI=1S/C15H18N2O5S2/c1-21-7-14(18)16-15-17(10-4-3-5-11(6-10)22-2)12-8-24(19,20)9-13(12)23-15/h3-6,12-13H,7-9H2,1-2H3/t12-,13+/m0/s1. The molecule has 2 atom stereocenters. The van der Waals surface area contributed by atoms with Crippen LogP contribution in [0.4, 0.5) is 5.69 Å². The van der Waals surface area contributed by atoms with Gasteiger partial charge in [0, 0.05) is 24.1 Å². The molecule has 2 aliphatic rings. The van der Waals surface area contributed by atoms with Crippen molar-refractivity contribution in [1.82, 2.24) is 0 Å². The summed E-state index contributed by atoms with van der Waals surface area (Å²) in [6.07, 6.45) is 0. The maximum atomic E-state index is 12.0. The summed E-state index contributed by atoms with van der Waals surface area (Å²) in [6.45, 7) is -0.107. The molecule has 0 N–H and O–H groups in total. The molecule has 0 aliphatic carbocycles. The first kappa shape index (κ1) is 17.2. The number of carbonyl (C=O) groups excluding carboxylic acids is 1. The predicted octanol–water partition coefficient (Wildman–Crippen LogP) is 0.943. The fourth-order valence-electron chi connectivity index (χ4n) is 2.89. The highest BCUT2D eigenvalue weighted by atomic mass is 32.2. The molecule has 0 saturated carbocycles. The summed E-state index contributed by atoms with van der Waals surface area (Å²) in [4.78, 5) is 17.8. The topological polar surface area (TPSA) is 85.3 Å². The van der Waals surface area contributed by atoms with E-state index >= 15 is 0 Å². The van der Waals surface area contributed by atoms with Crippen LogP contribution < -0.4 is 9.64 Å². The molecule has 1 aromatic carbocycles. The number of hydrogen-bond donors (Lipinski definition) is 0. The molecule has 2 saturated heterocycles. The maximum absolute atomic E-state index is 12.0. The number of thioether (sulfide) groups is 1. The lowest BCUT2D eigenvalue weighted by atomic mass is 10.2. The predicted molar refractivity (Wildman–Crippen MR) is 93.6 cm³/mol. The SMILES string of the molecule is COCC(=O)N=C1S[C@@H]2CS(=O)(=O)C[C@@H]2N1c1cccc(OC)c1. The summed E-state index contributed by atoms with van der Waals surface area (Å²) in [7, 11) is -0.0838. The van der Waals surface area contributed by atoms with Crippen LogP contribution in [0.15, 0.2) is 29.3 Å². The molecule has 0 unspecified atom stereocenters. The second-order valence-corrected chi connectivity index (χ2v) is 8.95. The zero-order valence-corrected chi connectivity index (χ0v) is 15.0. The number of fused-ring (bicyclic) bond motifs is 1. The minimum Gasteiger partial charge on any atom is -0.497 e. The van der Waals surface area contributed by atoms with E-state index in [1.807, 2.05) is 29.2 Å². The van der Waals surface area contributed by atoms with Crippen LogP contribution in [0.3, 0.4) is 0 Å². The molecule has 7 nitrogen and oxygen atoms in total. The minimum atomic E-state index is -3.08. The number of methoxy groups -OCH3 is 2. The highest BCUT2D eigenvalue weighted by Crippen LogP contribution is 2.41. The molecule has 3 rings (SSSR count). The van der Waals surface area contributed by atoms with Crippen molar-refractivity contribution in [2.75, 3.05) is 37.2 Å². The second-order valence-electron chi connectivity index (χ2n) is 5.59. The Morgan fingerprint density at radius 3 is 2.88 bits per heavy atom. The van der Waals surface area contributed by atoms with Crippen LogP contribution in [0.1, 0.15) is 0 Å². The van der Waals surface area contributed by atoms with Crippen molar-refractivity contribution in [2.24, 2.45) is 4.99 Å². The molecule has 0 aromatic heterocycles. The fourth-order valence-corrected chi connectivity index (χ4v) is 6.82. The average molecular weight is 370 g/mol. The summed E-state index contributed by atoms with van der Waals surface area (Å²) in [6, 6.07) is 7.06. The van der Waals surface area contributed by atoms with Crippen LogP contribution >= 0.6 is 11.8 Å². The normalized spacial score (nSPS) is 26.6. The lowest BCUT2D eigenvalue weighted by molar-refractivity contribution is -0.121. The summed E-state index contributed by atoms with van der Waals surface area (Å²) >= 11 is 1.33. The van der Waals surface area contributed by atoms with E-state index in [2.05, 4.69) is 4.99 Å². The number of sulfone groups is 1. The van der Waals surface area contributed by atoms with Gasteiger partial charge in [-0.2, -0.15) is 4.99 Å². The minimum absolute atomic E-state index is 0.0549. The van der Waals surface area contributed by atoms with Gasteiger partial charge in [-0.1, -0.05) is 17.8 Å². The van der Waals surface area contributed by atoms with E-state index in [0.717, 1.165) is 5.69 Å². The highest BCUT2D eigenvalue weighted by molar-refractivity contribution is 8.16. The molecule has 2 heterocycles. The maximum Gasteiger partial charge on any atom is 0.274 e. The van der Waals surface area contributed by atoms with Gasteiger partial charge in [0.25, 0.3) is 5.91 Å². The molecule has 1 aromatic rings. The van der Waals surface area contributed by atoms with Gasteiger partial charge in [0.1, 0.15) is 12.4 Å². The number of carbonyl (C=O) groups is 1. The molecule has 2 aliphatic heterocycles. The van der Waals surface area contributed by atoms with Gasteiger partial charge in [-0.15, -0.1) is 0 Å². The molecular weight excluding hydrogens is 352 g/mol. The van der Waals surface area contributed by atoms with E-state index in [1.165, 1.54) is 18.9 Å². The van der Waals surface area contributed by atoms with Gasteiger partial charge < -0.3 is 14.4 Å². The smallest absolute Gasteiger partial charge is 0.274 e. The van der Waals surface area contributed by atoms with Gasteiger partial charge in [0.05, 0.1) is 24.7 Å². The van der Waals surface area contributed by atoms with Crippen molar-refractivity contribution in [2.45, 2.75) is 11.3 Å². The van der Waals surface area contributed by atoms with E-state index in [4.69, 9.17) is 9.47 Å². The zero-order chi connectivity index (χ0) is 17.3. The van der Waals surface area contributed by atoms with Crippen LogP contribution in [-0.4, -0.2) is 63.1 Å². The number of ether oxygens (including phenoxy) is 2. The number of rotatable bonds is 4. The lowest BCUT2D eigenvalue weighted by Gasteiger charge is -2.24. The third kappa shape index (κ3) is 3.42. The Balaban J connectivity index is 1.99. The molecule has 24 heavy (non-hydrogen) atoms. The van der Waals surface area contributed by atoms with Crippen molar-refractivity contribution < 1.29 is 22.7 Å². The summed E-state index contributed by atoms with van der Waals surface area (Å²) < 4.78 is 34.0. The monoisotopic (exact) mass is 370 g/mol. The van der Waals surface area contributed by atoms with Crippen LogP contribution in [0.2, 0.25) is 0 Å². The Hall–Kier alpha value is -1.58. The van der Waals surface area contributed by atoms with Crippen molar-refractivity contribution in [1.29, 1.82) is 0 Å². The Labute approximate surface area is 144 Å². The van der Waals surface area contributed by atoms with Gasteiger partial charge in [-0.3, -0.25) is 4.79 Å². The summed E-state index contributed by atoms with van der Waals surface area (Å²) in [5, 5.41) is 0.380. The van der Waals surface area contributed by atoms with Gasteiger partial charge in [-0.25, -0.2) is 8.42 Å². The van der Waals surface area contributed by atoms with E-state index in [-0.39, 0.29) is 29.4 Å². The molecular formula is C15H18N2O5S2. The molecule has 2 fully saturated rings. The van der Waals surface area contributed by atoms with Gasteiger partial charge in [0.2, 0.25) is 0 Å². The summed E-state index contributed by atoms with van der Waals surface area (Å²) in [5.41, 5.74) is 0.760. The zero-order valence-electron chi connectivity index (χ0n) is 13.3. The quantitative estimate of drug-likeness (QED) is 0.780. The van der Waals surface area contributed by atoms with E-state index in [9.17, 15) is 13.2 Å². The number of hydrogen-bond acceptors (Lipinski definition) is 6. The Morgan fingerprint density at radius 1 is 1.38 bits per heavy atom. The second kappa shape index (κ2) is 6.73. The van der Waals surface area contributed by atoms with Crippen LogP contribution in [-0.2, 0) is 19.4 Å². The van der Waals surface area contributed by atoms with Gasteiger partial charge in [-0.05, 0) is 12.1 Å². The lowest BCUT2D eigenvalue weighted by Crippen LogP contribution is -2.37. The van der Waals surface area contributed by atoms with Gasteiger partial charge >= 0.3 is 0 Å². The summed E-state index contributed by atoms with van der Waals surface area (Å²) in [5.74, 6) is 0.416. The first-order valence-electron chi connectivity index (χ1n) is 7.34. The molecule has 0 spiro atoms. The number of benzene rings is 1. The van der Waals surface area contributed by atoms with Crippen LogP contribution in [0.5, 0.6) is 5.75 Å². The molecule has 0 radical (unpaired) electrons. The van der Waals surface area contributed by atoms with E-state index in [0.29, 0.717) is 10.9 Å². The van der Waals surface area contributed by atoms with Crippen LogP contribution in [0.25, 0.3) is 0 Å². The third-order valence-electron chi connectivity index (χ3n) is 3.89. The average Bonchev–Trinajstić information content (AvgIpc) is 2.98. The van der Waals surface area contributed by atoms with Crippen molar-refractivity contribution in [3.8, 4) is 5.75 Å². The Bertz CT molecular complexity index is 778. The largest absolute Gasteiger partial charge is 0.497 e. The number of aliphatic imine (C=N–C) groups is 1. The van der Waals surface area contributed by atoms with Crippen molar-refractivity contribution in [3.63, 3.8) is 0 Å².